The molecule has 142 valence electrons. The number of hydrogen-bond donors (Lipinski definition) is 0. The number of morpholine rings is 1. The number of nitrogens with zero attached hydrogens (tertiary/aromatic N) is 4. The number of pyridine rings is 1. The van der Waals surface area contributed by atoms with Gasteiger partial charge in [0.2, 0.25) is 0 Å². The van der Waals surface area contributed by atoms with Crippen LogP contribution in [0.1, 0.15) is 23.6 Å². The summed E-state index contributed by atoms with van der Waals surface area (Å²) in [6, 6.07) is 2.03. The molecule has 0 radical (unpaired) electrons. The van der Waals surface area contributed by atoms with Crippen LogP contribution in [0.2, 0.25) is 0 Å². The highest BCUT2D eigenvalue weighted by Gasteiger charge is 2.31. The van der Waals surface area contributed by atoms with Crippen molar-refractivity contribution in [1.29, 1.82) is 5.26 Å². The molecule has 3 heterocycles. The molecule has 7 nitrogen and oxygen atoms in total. The summed E-state index contributed by atoms with van der Waals surface area (Å²) < 4.78 is 7.53. The molecule has 2 aliphatic rings. The van der Waals surface area contributed by atoms with E-state index in [1.807, 2.05) is 13.0 Å². The van der Waals surface area contributed by atoms with E-state index >= 15 is 0 Å². The zero-order chi connectivity index (χ0) is 19.7. The van der Waals surface area contributed by atoms with Crippen LogP contribution in [0.3, 0.4) is 0 Å². The fourth-order valence-corrected chi connectivity index (χ4v) is 4.39. The molecule has 0 aromatic carbocycles. The minimum absolute atomic E-state index is 0.104. The van der Waals surface area contributed by atoms with Gasteiger partial charge < -0.3 is 9.64 Å². The van der Waals surface area contributed by atoms with E-state index in [1.54, 1.807) is 24.6 Å². The van der Waals surface area contributed by atoms with Crippen molar-refractivity contribution in [1.82, 2.24) is 9.47 Å². The summed E-state index contributed by atoms with van der Waals surface area (Å²) in [4.78, 5) is 29.3. The number of anilines is 1. The van der Waals surface area contributed by atoms with Crippen LogP contribution in [0.15, 0.2) is 9.70 Å². The number of nitriles is 1. The zero-order valence-corrected chi connectivity index (χ0v) is 17.1. The second-order valence-corrected chi connectivity index (χ2v) is 7.91. The van der Waals surface area contributed by atoms with Gasteiger partial charge in [0, 0.05) is 32.2 Å². The van der Waals surface area contributed by atoms with E-state index < -0.39 is 0 Å². The first kappa shape index (κ1) is 19.6. The molecule has 2 saturated heterocycles. The number of amides is 1. The van der Waals surface area contributed by atoms with Gasteiger partial charge >= 0.3 is 0 Å². The quantitative estimate of drug-likeness (QED) is 0.561. The summed E-state index contributed by atoms with van der Waals surface area (Å²) in [7, 11) is 1.64. The van der Waals surface area contributed by atoms with Crippen molar-refractivity contribution in [2.45, 2.75) is 20.4 Å². The molecule has 27 heavy (non-hydrogen) atoms. The molecule has 2 fully saturated rings. The molecule has 0 unspecified atom stereocenters. The molecular weight excluding hydrogens is 384 g/mol. The number of hydrogen-bond acceptors (Lipinski definition) is 7. The highest BCUT2D eigenvalue weighted by atomic mass is 32.2. The van der Waals surface area contributed by atoms with Crippen molar-refractivity contribution in [2.24, 2.45) is 0 Å². The highest BCUT2D eigenvalue weighted by molar-refractivity contribution is 8.26. The van der Waals surface area contributed by atoms with Crippen LogP contribution in [0.25, 0.3) is 6.08 Å². The third-order valence-corrected chi connectivity index (χ3v) is 6.22. The van der Waals surface area contributed by atoms with Gasteiger partial charge in [0.15, 0.2) is 0 Å². The summed E-state index contributed by atoms with van der Waals surface area (Å²) in [6.45, 7) is 6.46. The number of likely N-dealkylation sites (N-methyl/N-ethyl adjacent to an activating group) is 1. The number of thioether (sulfide) groups is 1. The molecule has 2 aliphatic heterocycles. The average Bonchev–Trinajstić information content (AvgIpc) is 2.91. The molecule has 9 heteroatoms. The van der Waals surface area contributed by atoms with Gasteiger partial charge in [-0.15, -0.1) is 0 Å². The summed E-state index contributed by atoms with van der Waals surface area (Å²) in [6.07, 6.45) is 1.76. The Morgan fingerprint density at radius 3 is 2.52 bits per heavy atom. The van der Waals surface area contributed by atoms with E-state index in [-0.39, 0.29) is 17.0 Å². The molecule has 3 rings (SSSR count). The number of carbonyl (C=O) groups is 1. The number of rotatable bonds is 3. The maximum Gasteiger partial charge on any atom is 0.270 e. The average molecular weight is 405 g/mol. The molecule has 1 amide bonds. The Hall–Kier alpha value is -2.15. The van der Waals surface area contributed by atoms with Gasteiger partial charge in [-0.25, -0.2) is 0 Å². The van der Waals surface area contributed by atoms with E-state index in [4.69, 9.17) is 17.0 Å². The number of thiocarbonyl (C=S) groups is 1. The second-order valence-electron chi connectivity index (χ2n) is 6.24. The fourth-order valence-electron chi connectivity index (χ4n) is 3.23. The van der Waals surface area contributed by atoms with Crippen LogP contribution in [-0.2, 0) is 16.1 Å². The van der Waals surface area contributed by atoms with Crippen molar-refractivity contribution in [3.8, 4) is 6.07 Å². The number of carbonyl (C=O) groups excluding carboxylic acids is 1. The van der Waals surface area contributed by atoms with E-state index in [0.717, 1.165) is 5.82 Å². The van der Waals surface area contributed by atoms with Gasteiger partial charge in [-0.05, 0) is 25.5 Å². The smallest absolute Gasteiger partial charge is 0.270 e. The van der Waals surface area contributed by atoms with Gasteiger partial charge in [-0.2, -0.15) is 5.26 Å². The van der Waals surface area contributed by atoms with Crippen LogP contribution in [0, 0.1) is 18.3 Å². The van der Waals surface area contributed by atoms with Crippen molar-refractivity contribution in [3.63, 3.8) is 0 Å². The van der Waals surface area contributed by atoms with Gasteiger partial charge in [0.05, 0.1) is 18.1 Å². The predicted molar refractivity (Wildman–Crippen MR) is 110 cm³/mol. The standard InChI is InChI=1S/C18H20N4O3S2/c1-4-22-15(21-5-7-25-8-6-21)12(11(2)13(10-19)16(22)23)9-14-17(24)20(3)18(26)27-14/h9H,4-8H2,1-3H3/b14-9+. The second kappa shape index (κ2) is 7.84. The molecule has 0 bridgehead atoms. The molecule has 0 saturated carbocycles. The third kappa shape index (κ3) is 3.40. The fraction of sp³-hybridized carbons (Fsp3) is 0.444. The summed E-state index contributed by atoms with van der Waals surface area (Å²) in [5.74, 6) is 0.550. The summed E-state index contributed by atoms with van der Waals surface area (Å²) >= 11 is 6.44. The summed E-state index contributed by atoms with van der Waals surface area (Å²) in [5.41, 5.74) is 1.09. The lowest BCUT2D eigenvalue weighted by molar-refractivity contribution is -0.121. The normalized spacial score (nSPS) is 19.1. The number of aromatic nitrogens is 1. The van der Waals surface area contributed by atoms with E-state index in [9.17, 15) is 14.9 Å². The predicted octanol–water partition coefficient (Wildman–Crippen LogP) is 1.72. The topological polar surface area (TPSA) is 78.6 Å². The van der Waals surface area contributed by atoms with E-state index in [0.29, 0.717) is 53.2 Å². The van der Waals surface area contributed by atoms with Crippen molar-refractivity contribution in [3.05, 3.63) is 31.9 Å². The van der Waals surface area contributed by atoms with Crippen LogP contribution in [0.4, 0.5) is 5.82 Å². The van der Waals surface area contributed by atoms with Crippen molar-refractivity contribution < 1.29 is 9.53 Å². The first-order valence-electron chi connectivity index (χ1n) is 8.62. The van der Waals surface area contributed by atoms with Crippen LogP contribution >= 0.6 is 24.0 Å². The lowest BCUT2D eigenvalue weighted by Gasteiger charge is -2.33. The minimum Gasteiger partial charge on any atom is -0.378 e. The molecule has 1 aromatic rings. The molecule has 0 spiro atoms. The maximum absolute atomic E-state index is 12.8. The molecule has 0 aliphatic carbocycles. The molecule has 0 atom stereocenters. The Bertz CT molecular complexity index is 939. The summed E-state index contributed by atoms with van der Waals surface area (Å²) in [5, 5.41) is 9.52. The van der Waals surface area contributed by atoms with Crippen LogP contribution in [0.5, 0.6) is 0 Å². The lowest BCUT2D eigenvalue weighted by Crippen LogP contribution is -2.41. The van der Waals surface area contributed by atoms with Crippen molar-refractivity contribution >= 4 is 46.1 Å². The highest BCUT2D eigenvalue weighted by Crippen LogP contribution is 2.35. The van der Waals surface area contributed by atoms with Gasteiger partial charge in [-0.1, -0.05) is 24.0 Å². The molecule has 0 N–H and O–H groups in total. The van der Waals surface area contributed by atoms with Gasteiger partial charge in [-0.3, -0.25) is 19.1 Å². The Morgan fingerprint density at radius 2 is 2.00 bits per heavy atom. The molecular formula is C18H20N4O3S2. The first-order valence-corrected chi connectivity index (χ1v) is 9.84. The Kier molecular flexibility index (Phi) is 5.69. The van der Waals surface area contributed by atoms with Gasteiger partial charge in [0.25, 0.3) is 11.5 Å². The largest absolute Gasteiger partial charge is 0.378 e. The van der Waals surface area contributed by atoms with Gasteiger partial charge in [0.1, 0.15) is 21.8 Å². The zero-order valence-electron chi connectivity index (χ0n) is 15.4. The molecule has 1 aromatic heterocycles. The Balaban J connectivity index is 2.28. The third-order valence-electron chi connectivity index (χ3n) is 4.74. The SMILES string of the molecule is CCn1c(N2CCOCC2)c(/C=C2/SC(=S)N(C)C2=O)c(C)c(C#N)c1=O. The van der Waals surface area contributed by atoms with E-state index in [2.05, 4.69) is 4.90 Å². The monoisotopic (exact) mass is 404 g/mol. The lowest BCUT2D eigenvalue weighted by atomic mass is 10.0. The number of ether oxygens (including phenoxy) is 1. The first-order chi connectivity index (χ1) is 12.9. The Morgan fingerprint density at radius 1 is 1.33 bits per heavy atom. The van der Waals surface area contributed by atoms with Crippen LogP contribution < -0.4 is 10.5 Å². The minimum atomic E-state index is -0.306. The Labute approximate surface area is 167 Å². The van der Waals surface area contributed by atoms with Crippen molar-refractivity contribution in [2.75, 3.05) is 38.3 Å². The van der Waals surface area contributed by atoms with E-state index in [1.165, 1.54) is 16.7 Å². The van der Waals surface area contributed by atoms with Crippen LogP contribution in [-0.4, -0.2) is 53.0 Å². The maximum atomic E-state index is 12.8.